The molecule has 7 heteroatoms. The first-order chi connectivity index (χ1) is 24.6. The summed E-state index contributed by atoms with van der Waals surface area (Å²) in [6.45, 7) is 3.80. The molecule has 0 aromatic heterocycles. The number of nitrogens with zero attached hydrogens (tertiary/aromatic N) is 1. The molecule has 0 radical (unpaired) electrons. The summed E-state index contributed by atoms with van der Waals surface area (Å²) >= 11 is 0. The zero-order valence-corrected chi connectivity index (χ0v) is 28.5. The van der Waals surface area contributed by atoms with Crippen LogP contribution < -0.4 is 0 Å². The fourth-order valence-corrected chi connectivity index (χ4v) is 6.36. The Labute approximate surface area is 295 Å². The first-order valence-electron chi connectivity index (χ1n) is 17.2. The van der Waals surface area contributed by atoms with Crippen molar-refractivity contribution >= 4 is 5.97 Å². The van der Waals surface area contributed by atoms with Crippen molar-refractivity contribution in [1.82, 2.24) is 4.90 Å². The Balaban J connectivity index is 1.38. The van der Waals surface area contributed by atoms with Gasteiger partial charge in [0, 0.05) is 20.0 Å². The number of carbonyl (C=O) groups is 1. The lowest BCUT2D eigenvalue weighted by molar-refractivity contribution is -0.305. The molecule has 258 valence electrons. The first kappa shape index (κ1) is 35.2. The van der Waals surface area contributed by atoms with Crippen molar-refractivity contribution in [3.8, 4) is 0 Å². The third-order valence-corrected chi connectivity index (χ3v) is 8.73. The van der Waals surface area contributed by atoms with Crippen molar-refractivity contribution in [3.05, 3.63) is 179 Å². The molecule has 0 aliphatic carbocycles. The van der Waals surface area contributed by atoms with E-state index in [1.54, 1.807) is 0 Å². The van der Waals surface area contributed by atoms with E-state index in [9.17, 15) is 4.79 Å². The quantitative estimate of drug-likeness (QED) is 0.0995. The van der Waals surface area contributed by atoms with Crippen molar-refractivity contribution in [3.63, 3.8) is 0 Å². The Kier molecular flexibility index (Phi) is 12.9. The zero-order chi connectivity index (χ0) is 34.4. The fraction of sp³-hybridized carbons (Fsp3) is 0.279. The maximum atomic E-state index is 13.0. The summed E-state index contributed by atoms with van der Waals surface area (Å²) in [5, 5.41) is 0. The Morgan fingerprint density at radius 2 is 0.980 bits per heavy atom. The normalized spacial score (nSPS) is 20.4. The van der Waals surface area contributed by atoms with Crippen LogP contribution in [0.4, 0.5) is 0 Å². The van der Waals surface area contributed by atoms with Gasteiger partial charge in [-0.05, 0) is 27.8 Å². The highest BCUT2D eigenvalue weighted by Crippen LogP contribution is 2.34. The molecule has 50 heavy (non-hydrogen) atoms. The maximum Gasteiger partial charge on any atom is 0.303 e. The van der Waals surface area contributed by atoms with Gasteiger partial charge in [0.2, 0.25) is 0 Å². The largest absolute Gasteiger partial charge is 0.458 e. The van der Waals surface area contributed by atoms with Crippen LogP contribution in [-0.2, 0) is 61.4 Å². The minimum absolute atomic E-state index is 0.210. The maximum absolute atomic E-state index is 13.0. The average molecular weight is 672 g/mol. The van der Waals surface area contributed by atoms with Crippen LogP contribution in [0.1, 0.15) is 34.7 Å². The van der Waals surface area contributed by atoms with Gasteiger partial charge in [-0.25, -0.2) is 0 Å². The summed E-state index contributed by atoms with van der Waals surface area (Å²) < 4.78 is 32.9. The second-order valence-electron chi connectivity index (χ2n) is 12.5. The van der Waals surface area contributed by atoms with Crippen LogP contribution in [0.5, 0.6) is 0 Å². The van der Waals surface area contributed by atoms with Crippen LogP contribution in [0.2, 0.25) is 0 Å². The molecule has 0 N–H and O–H groups in total. The summed E-state index contributed by atoms with van der Waals surface area (Å²) in [6.07, 6.45) is -2.79. The Bertz CT molecular complexity index is 1650. The summed E-state index contributed by atoms with van der Waals surface area (Å²) in [5.74, 6) is -0.402. The van der Waals surface area contributed by atoms with Crippen molar-refractivity contribution in [1.29, 1.82) is 0 Å². The molecular weight excluding hydrogens is 626 g/mol. The predicted octanol–water partition coefficient (Wildman–Crippen LogP) is 7.73. The lowest BCUT2D eigenvalue weighted by Gasteiger charge is -2.49. The Hall–Kier alpha value is -4.63. The van der Waals surface area contributed by atoms with Gasteiger partial charge < -0.3 is 23.7 Å². The molecular formula is C43H45NO6. The second kappa shape index (κ2) is 18.4. The van der Waals surface area contributed by atoms with E-state index in [1.807, 2.05) is 127 Å². The monoisotopic (exact) mass is 671 g/mol. The summed E-state index contributed by atoms with van der Waals surface area (Å²) in [7, 11) is 0. The van der Waals surface area contributed by atoms with E-state index in [1.165, 1.54) is 6.92 Å². The topological polar surface area (TPSA) is 66.5 Å². The lowest BCUT2D eigenvalue weighted by Crippen LogP contribution is -2.66. The fourth-order valence-electron chi connectivity index (χ4n) is 6.36. The molecule has 6 rings (SSSR count). The molecule has 0 amide bonds. The summed E-state index contributed by atoms with van der Waals surface area (Å²) in [4.78, 5) is 15.3. The van der Waals surface area contributed by atoms with Crippen molar-refractivity contribution in [2.24, 2.45) is 0 Å². The molecule has 5 aromatic rings. The first-order valence-corrected chi connectivity index (χ1v) is 17.2. The molecule has 1 aliphatic rings. The minimum atomic E-state index is -0.783. The number of carbonyl (C=O) groups excluding carboxylic acids is 1. The molecule has 0 saturated carbocycles. The highest BCUT2D eigenvalue weighted by Gasteiger charge is 2.51. The van der Waals surface area contributed by atoms with Gasteiger partial charge in [-0.1, -0.05) is 152 Å². The van der Waals surface area contributed by atoms with Gasteiger partial charge in [-0.15, -0.1) is 0 Å². The van der Waals surface area contributed by atoms with E-state index in [2.05, 4.69) is 29.2 Å². The molecule has 0 spiro atoms. The van der Waals surface area contributed by atoms with E-state index in [0.717, 1.165) is 27.8 Å². The molecule has 1 unspecified atom stereocenters. The van der Waals surface area contributed by atoms with E-state index >= 15 is 0 Å². The summed E-state index contributed by atoms with van der Waals surface area (Å²) in [5.41, 5.74) is 5.29. The number of ether oxygens (including phenoxy) is 5. The van der Waals surface area contributed by atoms with Gasteiger partial charge in [0.05, 0.1) is 26.4 Å². The van der Waals surface area contributed by atoms with Crippen LogP contribution in [0.25, 0.3) is 0 Å². The molecule has 5 atom stereocenters. The molecule has 1 heterocycles. The smallest absolute Gasteiger partial charge is 0.303 e. The third kappa shape index (κ3) is 10.2. The lowest BCUT2D eigenvalue weighted by atomic mass is 9.93. The Morgan fingerprint density at radius 1 is 0.560 bits per heavy atom. The molecule has 1 aliphatic heterocycles. The van der Waals surface area contributed by atoms with Crippen LogP contribution in [0, 0.1) is 0 Å². The van der Waals surface area contributed by atoms with Gasteiger partial charge in [0.15, 0.2) is 12.4 Å². The van der Waals surface area contributed by atoms with Gasteiger partial charge >= 0.3 is 5.97 Å². The number of hydrogen-bond donors (Lipinski definition) is 0. The van der Waals surface area contributed by atoms with Crippen molar-refractivity contribution in [2.45, 2.75) is 70.5 Å². The van der Waals surface area contributed by atoms with Crippen LogP contribution in [-0.4, -0.2) is 48.1 Å². The molecule has 5 aromatic carbocycles. The van der Waals surface area contributed by atoms with Gasteiger partial charge in [0.1, 0.15) is 18.2 Å². The van der Waals surface area contributed by atoms with E-state index < -0.39 is 36.6 Å². The SMILES string of the molecule is CC(=O)O[C@H]1[C@H](OCc2ccccc2)[C@@H](COCc2ccccc2)OC(OCc2ccccc2)[C@@H]1N(Cc1ccccc1)Cc1ccccc1. The minimum Gasteiger partial charge on any atom is -0.458 e. The standard InChI is InChI=1S/C43H45NO6/c1-33(45)49-42-40(44(27-34-17-7-2-8-18-34)28-35-19-9-3-10-20-35)43(48-31-38-25-15-6-16-26-38)50-39(32-46-29-36-21-11-4-12-22-36)41(42)47-30-37-23-13-5-14-24-37/h2-26,39-43H,27-32H2,1H3/t39-,40-,41-,42-,43?/m1/s1. The van der Waals surface area contributed by atoms with Crippen molar-refractivity contribution in [2.75, 3.05) is 6.61 Å². The number of hydrogen-bond acceptors (Lipinski definition) is 7. The van der Waals surface area contributed by atoms with Crippen LogP contribution >= 0.6 is 0 Å². The van der Waals surface area contributed by atoms with E-state index in [4.69, 9.17) is 23.7 Å². The number of benzene rings is 5. The predicted molar refractivity (Wildman–Crippen MR) is 192 cm³/mol. The Morgan fingerprint density at radius 3 is 1.44 bits per heavy atom. The summed E-state index contributed by atoms with van der Waals surface area (Å²) in [6, 6.07) is 50.1. The molecule has 1 saturated heterocycles. The molecule has 7 nitrogen and oxygen atoms in total. The highest BCUT2D eigenvalue weighted by atomic mass is 16.7. The highest BCUT2D eigenvalue weighted by molar-refractivity contribution is 5.66. The second-order valence-corrected chi connectivity index (χ2v) is 12.5. The average Bonchev–Trinajstić information content (AvgIpc) is 3.15. The zero-order valence-electron chi connectivity index (χ0n) is 28.5. The van der Waals surface area contributed by atoms with E-state index in [0.29, 0.717) is 32.9 Å². The van der Waals surface area contributed by atoms with Crippen LogP contribution in [0.15, 0.2) is 152 Å². The number of esters is 1. The van der Waals surface area contributed by atoms with E-state index in [-0.39, 0.29) is 6.61 Å². The van der Waals surface area contributed by atoms with Crippen molar-refractivity contribution < 1.29 is 28.5 Å². The van der Waals surface area contributed by atoms with Gasteiger partial charge in [-0.3, -0.25) is 9.69 Å². The van der Waals surface area contributed by atoms with Crippen LogP contribution in [0.3, 0.4) is 0 Å². The molecule has 0 bridgehead atoms. The third-order valence-electron chi connectivity index (χ3n) is 8.73. The van der Waals surface area contributed by atoms with Gasteiger partial charge in [0.25, 0.3) is 0 Å². The molecule has 1 fully saturated rings. The number of rotatable bonds is 16. The van der Waals surface area contributed by atoms with Gasteiger partial charge in [-0.2, -0.15) is 0 Å².